The summed E-state index contributed by atoms with van der Waals surface area (Å²) in [5, 5.41) is 9.57. The Morgan fingerprint density at radius 2 is 1.74 bits per heavy atom. The third kappa shape index (κ3) is 3.79. The van der Waals surface area contributed by atoms with Crippen LogP contribution in [0.4, 0.5) is 22.0 Å². The van der Waals surface area contributed by atoms with Crippen molar-refractivity contribution in [3.8, 4) is 5.75 Å². The highest BCUT2D eigenvalue weighted by molar-refractivity contribution is 5.35. The van der Waals surface area contributed by atoms with Crippen molar-refractivity contribution < 1.29 is 31.8 Å². The highest BCUT2D eigenvalue weighted by Gasteiger charge is 2.58. The highest BCUT2D eigenvalue weighted by atomic mass is 19.4. The zero-order chi connectivity index (χ0) is 14.7. The van der Waals surface area contributed by atoms with E-state index in [4.69, 9.17) is 4.74 Å². The van der Waals surface area contributed by atoms with Crippen molar-refractivity contribution in [2.24, 2.45) is 0 Å². The van der Waals surface area contributed by atoms with Crippen LogP contribution in [0.5, 0.6) is 5.75 Å². The van der Waals surface area contributed by atoms with Crippen molar-refractivity contribution in [3.63, 3.8) is 0 Å². The lowest BCUT2D eigenvalue weighted by atomic mass is 10.0. The summed E-state index contributed by atoms with van der Waals surface area (Å²) in [6.07, 6.45) is -9.38. The molecule has 0 bridgehead atoms. The number of para-hydroxylation sites is 1. The van der Waals surface area contributed by atoms with Crippen molar-refractivity contribution in [2.45, 2.75) is 31.5 Å². The van der Waals surface area contributed by atoms with E-state index in [9.17, 15) is 27.1 Å². The van der Waals surface area contributed by atoms with E-state index in [1.807, 2.05) is 0 Å². The van der Waals surface area contributed by atoms with E-state index in [-0.39, 0.29) is 17.9 Å². The Morgan fingerprint density at radius 1 is 1.16 bits per heavy atom. The molecule has 1 aromatic rings. The van der Waals surface area contributed by atoms with E-state index in [0.717, 1.165) is 0 Å². The van der Waals surface area contributed by atoms with Crippen molar-refractivity contribution in [1.82, 2.24) is 0 Å². The summed E-state index contributed by atoms with van der Waals surface area (Å²) in [5.41, 5.74) is -0.0896. The van der Waals surface area contributed by atoms with Gasteiger partial charge in [-0.25, -0.2) is 0 Å². The molecule has 0 amide bonds. The van der Waals surface area contributed by atoms with E-state index in [2.05, 4.69) is 0 Å². The molecule has 0 spiro atoms. The molecule has 108 valence electrons. The molecule has 0 saturated carbocycles. The fourth-order valence-corrected chi connectivity index (χ4v) is 1.51. The Hall–Kier alpha value is -1.37. The summed E-state index contributed by atoms with van der Waals surface area (Å²) in [6, 6.07) is 5.60. The first-order valence-electron chi connectivity index (χ1n) is 5.53. The number of aliphatic hydroxyl groups excluding tert-OH is 1. The molecular formula is C12H13F5O2. The predicted octanol–water partition coefficient (Wildman–Crippen LogP) is 3.71. The number of ether oxygens (including phenoxy) is 1. The Bertz CT molecular complexity index is 417. The smallest absolute Gasteiger partial charge is 0.453 e. The molecule has 0 aromatic heterocycles. The normalized spacial score (nSPS) is 14.3. The van der Waals surface area contributed by atoms with E-state index < -0.39 is 24.6 Å². The first-order chi connectivity index (χ1) is 8.69. The van der Waals surface area contributed by atoms with Gasteiger partial charge in [0.05, 0.1) is 19.1 Å². The fourth-order valence-electron chi connectivity index (χ4n) is 1.51. The minimum Gasteiger partial charge on any atom is -0.493 e. The Balaban J connectivity index is 2.92. The lowest BCUT2D eigenvalue weighted by Crippen LogP contribution is -2.37. The van der Waals surface area contributed by atoms with Crippen molar-refractivity contribution in [2.75, 3.05) is 6.61 Å². The minimum atomic E-state index is -5.69. The maximum atomic E-state index is 12.9. The monoisotopic (exact) mass is 284 g/mol. The predicted molar refractivity (Wildman–Crippen MR) is 58.2 cm³/mol. The molecule has 0 aliphatic carbocycles. The van der Waals surface area contributed by atoms with Gasteiger partial charge in [-0.05, 0) is 13.0 Å². The van der Waals surface area contributed by atoms with Crippen LogP contribution in [0.1, 0.15) is 25.0 Å². The third-order valence-corrected chi connectivity index (χ3v) is 2.44. The van der Waals surface area contributed by atoms with Crippen LogP contribution >= 0.6 is 0 Å². The largest absolute Gasteiger partial charge is 0.493 e. The highest BCUT2D eigenvalue weighted by Crippen LogP contribution is 2.42. The second kappa shape index (κ2) is 5.73. The van der Waals surface area contributed by atoms with E-state index in [1.54, 1.807) is 6.92 Å². The number of halogens is 5. The van der Waals surface area contributed by atoms with Gasteiger partial charge in [-0.1, -0.05) is 18.2 Å². The molecule has 1 N–H and O–H groups in total. The van der Waals surface area contributed by atoms with Gasteiger partial charge in [0.2, 0.25) is 0 Å². The standard InChI is InChI=1S/C12H13F5O2/c1-2-19-10-6-4-3-5-8(10)9(18)7-11(13,14)12(15,16)17/h3-6,9,18H,2,7H2,1H3. The molecule has 2 nitrogen and oxygen atoms in total. The molecule has 0 heterocycles. The first-order valence-corrected chi connectivity index (χ1v) is 5.53. The van der Waals surface area contributed by atoms with Gasteiger partial charge in [0.1, 0.15) is 5.75 Å². The average Bonchev–Trinajstić information content (AvgIpc) is 2.28. The van der Waals surface area contributed by atoms with Gasteiger partial charge in [-0.3, -0.25) is 0 Å². The molecular weight excluding hydrogens is 271 g/mol. The summed E-state index contributed by atoms with van der Waals surface area (Å²) >= 11 is 0. The van der Waals surface area contributed by atoms with Crippen LogP contribution in [-0.2, 0) is 0 Å². The summed E-state index contributed by atoms with van der Waals surface area (Å²) in [4.78, 5) is 0. The maximum Gasteiger partial charge on any atom is 0.453 e. The second-order valence-corrected chi connectivity index (χ2v) is 3.89. The van der Waals surface area contributed by atoms with Crippen LogP contribution < -0.4 is 4.74 Å². The summed E-state index contributed by atoms with van der Waals surface area (Å²) < 4.78 is 67.0. The Kier molecular flexibility index (Phi) is 4.73. The molecule has 19 heavy (non-hydrogen) atoms. The Morgan fingerprint density at radius 3 is 2.26 bits per heavy atom. The molecule has 1 rings (SSSR count). The van der Waals surface area contributed by atoms with Crippen LogP contribution in [0.15, 0.2) is 24.3 Å². The van der Waals surface area contributed by atoms with Crippen LogP contribution in [0, 0.1) is 0 Å². The lowest BCUT2D eigenvalue weighted by Gasteiger charge is -2.23. The quantitative estimate of drug-likeness (QED) is 0.835. The number of aliphatic hydroxyl groups is 1. The van der Waals surface area contributed by atoms with Gasteiger partial charge < -0.3 is 9.84 Å². The molecule has 1 unspecified atom stereocenters. The molecule has 0 radical (unpaired) electrons. The van der Waals surface area contributed by atoms with Crippen LogP contribution in [0.25, 0.3) is 0 Å². The zero-order valence-corrected chi connectivity index (χ0v) is 10.0. The van der Waals surface area contributed by atoms with Gasteiger partial charge in [0.15, 0.2) is 0 Å². The number of rotatable bonds is 5. The summed E-state index contributed by atoms with van der Waals surface area (Å²) in [6.45, 7) is 1.84. The average molecular weight is 284 g/mol. The topological polar surface area (TPSA) is 29.5 Å². The number of alkyl halides is 5. The zero-order valence-electron chi connectivity index (χ0n) is 10.0. The molecule has 0 aliphatic heterocycles. The molecule has 7 heteroatoms. The van der Waals surface area contributed by atoms with Gasteiger partial charge in [0.25, 0.3) is 0 Å². The SMILES string of the molecule is CCOc1ccccc1C(O)CC(F)(F)C(F)(F)F. The third-order valence-electron chi connectivity index (χ3n) is 2.44. The fraction of sp³-hybridized carbons (Fsp3) is 0.500. The van der Waals surface area contributed by atoms with E-state index >= 15 is 0 Å². The maximum absolute atomic E-state index is 12.9. The van der Waals surface area contributed by atoms with Crippen molar-refractivity contribution in [3.05, 3.63) is 29.8 Å². The van der Waals surface area contributed by atoms with Gasteiger partial charge in [0, 0.05) is 5.56 Å². The van der Waals surface area contributed by atoms with E-state index in [1.165, 1.54) is 24.3 Å². The number of benzene rings is 1. The van der Waals surface area contributed by atoms with E-state index in [0.29, 0.717) is 0 Å². The summed E-state index contributed by atoms with van der Waals surface area (Å²) in [7, 11) is 0. The van der Waals surface area contributed by atoms with Crippen LogP contribution in [0.2, 0.25) is 0 Å². The molecule has 0 aliphatic rings. The minimum absolute atomic E-state index is 0.0896. The van der Waals surface area contributed by atoms with Crippen LogP contribution in [0.3, 0.4) is 0 Å². The van der Waals surface area contributed by atoms with Crippen molar-refractivity contribution in [1.29, 1.82) is 0 Å². The van der Waals surface area contributed by atoms with Gasteiger partial charge in [-0.2, -0.15) is 22.0 Å². The second-order valence-electron chi connectivity index (χ2n) is 3.89. The molecule has 0 saturated heterocycles. The molecule has 1 atom stereocenters. The number of hydrogen-bond acceptors (Lipinski definition) is 2. The molecule has 0 fully saturated rings. The van der Waals surface area contributed by atoms with Gasteiger partial charge >= 0.3 is 12.1 Å². The van der Waals surface area contributed by atoms with Crippen LogP contribution in [-0.4, -0.2) is 23.8 Å². The summed E-state index contributed by atoms with van der Waals surface area (Å²) in [5.74, 6) is -4.86. The first kappa shape index (κ1) is 15.7. The lowest BCUT2D eigenvalue weighted by molar-refractivity contribution is -0.290. The Labute approximate surface area is 106 Å². The number of hydrogen-bond donors (Lipinski definition) is 1. The molecule has 1 aromatic carbocycles. The van der Waals surface area contributed by atoms with Crippen molar-refractivity contribution >= 4 is 0 Å². The van der Waals surface area contributed by atoms with Gasteiger partial charge in [-0.15, -0.1) is 0 Å².